The Morgan fingerprint density at radius 2 is 1.80 bits per heavy atom. The van der Waals surface area contributed by atoms with Gasteiger partial charge in [-0.2, -0.15) is 0 Å². The molecule has 0 radical (unpaired) electrons. The Morgan fingerprint density at radius 1 is 1.15 bits per heavy atom. The molecule has 1 aromatic rings. The molecule has 0 aliphatic heterocycles. The smallest absolute Gasteiger partial charge is 0.157 e. The predicted octanol–water partition coefficient (Wildman–Crippen LogP) is 2.32. The first-order chi connectivity index (χ1) is 9.63. The Kier molecular flexibility index (Phi) is 7.65. The highest BCUT2D eigenvalue weighted by atomic mass is 16.5. The van der Waals surface area contributed by atoms with Crippen LogP contribution < -0.4 is 5.32 Å². The lowest BCUT2D eigenvalue weighted by molar-refractivity contribution is 0.0872. The number of aryl methyl sites for hydroxylation is 2. The summed E-state index contributed by atoms with van der Waals surface area (Å²) in [6.45, 7) is 8.51. The average molecular weight is 281 g/mol. The van der Waals surface area contributed by atoms with Crippen molar-refractivity contribution in [2.45, 2.75) is 46.3 Å². The topological polar surface area (TPSA) is 56.3 Å². The standard InChI is InChI=1S/C15H27N3O2/c1-6-7-14(20-5)15-17-11(2)13(12(3)18-15)10-16-8-9-19-4/h14,16H,6-10H2,1-5H3. The second kappa shape index (κ2) is 9.00. The molecular formula is C15H27N3O2. The van der Waals surface area contributed by atoms with Gasteiger partial charge in [0.1, 0.15) is 6.10 Å². The highest BCUT2D eigenvalue weighted by Gasteiger charge is 2.16. The lowest BCUT2D eigenvalue weighted by atomic mass is 10.1. The van der Waals surface area contributed by atoms with Gasteiger partial charge in [-0.1, -0.05) is 13.3 Å². The Balaban J connectivity index is 2.79. The van der Waals surface area contributed by atoms with Gasteiger partial charge in [0, 0.05) is 44.3 Å². The molecular weight excluding hydrogens is 254 g/mol. The van der Waals surface area contributed by atoms with Crippen LogP contribution in [0, 0.1) is 13.8 Å². The zero-order chi connectivity index (χ0) is 15.0. The zero-order valence-electron chi connectivity index (χ0n) is 13.3. The highest BCUT2D eigenvalue weighted by Crippen LogP contribution is 2.21. The van der Waals surface area contributed by atoms with E-state index in [0.29, 0.717) is 6.61 Å². The monoisotopic (exact) mass is 281 g/mol. The number of ether oxygens (including phenoxy) is 2. The van der Waals surface area contributed by atoms with Crippen molar-refractivity contribution in [2.24, 2.45) is 0 Å². The van der Waals surface area contributed by atoms with E-state index < -0.39 is 0 Å². The Hall–Kier alpha value is -1.04. The van der Waals surface area contributed by atoms with Crippen LogP contribution in [0.25, 0.3) is 0 Å². The molecule has 1 rings (SSSR count). The molecule has 1 aromatic heterocycles. The van der Waals surface area contributed by atoms with Crippen LogP contribution in [0.5, 0.6) is 0 Å². The van der Waals surface area contributed by atoms with Crippen LogP contribution in [0.4, 0.5) is 0 Å². The molecule has 1 unspecified atom stereocenters. The molecule has 5 nitrogen and oxygen atoms in total. The van der Waals surface area contributed by atoms with E-state index in [1.807, 2.05) is 13.8 Å². The fourth-order valence-corrected chi connectivity index (χ4v) is 2.17. The molecule has 0 bridgehead atoms. The molecule has 0 aliphatic carbocycles. The number of hydrogen-bond donors (Lipinski definition) is 1. The van der Waals surface area contributed by atoms with Gasteiger partial charge in [-0.3, -0.25) is 0 Å². The van der Waals surface area contributed by atoms with Crippen molar-refractivity contribution in [1.82, 2.24) is 15.3 Å². The predicted molar refractivity (Wildman–Crippen MR) is 79.7 cm³/mol. The van der Waals surface area contributed by atoms with E-state index in [0.717, 1.165) is 48.7 Å². The Labute approximate surface area is 122 Å². The minimum Gasteiger partial charge on any atom is -0.383 e. The lowest BCUT2D eigenvalue weighted by Crippen LogP contribution is -2.21. The maximum absolute atomic E-state index is 5.48. The highest BCUT2D eigenvalue weighted by molar-refractivity contribution is 5.24. The molecule has 5 heteroatoms. The summed E-state index contributed by atoms with van der Waals surface area (Å²) in [5.41, 5.74) is 3.21. The summed E-state index contributed by atoms with van der Waals surface area (Å²) in [7, 11) is 3.42. The molecule has 1 N–H and O–H groups in total. The maximum atomic E-state index is 5.48. The van der Waals surface area contributed by atoms with Crippen molar-refractivity contribution in [2.75, 3.05) is 27.4 Å². The van der Waals surface area contributed by atoms with Gasteiger partial charge in [0.25, 0.3) is 0 Å². The van der Waals surface area contributed by atoms with Gasteiger partial charge in [0.2, 0.25) is 0 Å². The number of hydrogen-bond acceptors (Lipinski definition) is 5. The SMILES string of the molecule is CCCC(OC)c1nc(C)c(CNCCOC)c(C)n1. The minimum absolute atomic E-state index is 0.00657. The Morgan fingerprint density at radius 3 is 2.30 bits per heavy atom. The van der Waals surface area contributed by atoms with E-state index >= 15 is 0 Å². The van der Waals surface area contributed by atoms with Crippen LogP contribution in [-0.2, 0) is 16.0 Å². The van der Waals surface area contributed by atoms with Crippen LogP contribution >= 0.6 is 0 Å². The number of nitrogens with one attached hydrogen (secondary N) is 1. The lowest BCUT2D eigenvalue weighted by Gasteiger charge is -2.17. The van der Waals surface area contributed by atoms with Crippen LogP contribution in [0.15, 0.2) is 0 Å². The maximum Gasteiger partial charge on any atom is 0.157 e. The molecule has 0 fully saturated rings. The molecule has 0 spiro atoms. The van der Waals surface area contributed by atoms with Crippen molar-refractivity contribution in [3.05, 3.63) is 22.8 Å². The second-order valence-corrected chi connectivity index (χ2v) is 4.91. The van der Waals surface area contributed by atoms with E-state index in [1.165, 1.54) is 0 Å². The van der Waals surface area contributed by atoms with Crippen molar-refractivity contribution in [3.8, 4) is 0 Å². The summed E-state index contributed by atoms with van der Waals surface area (Å²) in [4.78, 5) is 9.23. The van der Waals surface area contributed by atoms with Crippen molar-refractivity contribution in [3.63, 3.8) is 0 Å². The summed E-state index contributed by atoms with van der Waals surface area (Å²) in [6, 6.07) is 0. The van der Waals surface area contributed by atoms with Crippen LogP contribution in [0.2, 0.25) is 0 Å². The molecule has 114 valence electrons. The molecule has 1 atom stereocenters. The second-order valence-electron chi connectivity index (χ2n) is 4.91. The van der Waals surface area contributed by atoms with Crippen LogP contribution in [0.1, 0.15) is 48.6 Å². The summed E-state index contributed by atoms with van der Waals surface area (Å²) >= 11 is 0. The van der Waals surface area contributed by atoms with E-state index in [1.54, 1.807) is 14.2 Å². The molecule has 0 saturated heterocycles. The molecule has 0 aromatic carbocycles. The first-order valence-corrected chi connectivity index (χ1v) is 7.20. The number of aromatic nitrogens is 2. The first-order valence-electron chi connectivity index (χ1n) is 7.20. The van der Waals surface area contributed by atoms with Gasteiger partial charge in [-0.25, -0.2) is 9.97 Å². The van der Waals surface area contributed by atoms with E-state index in [2.05, 4.69) is 22.2 Å². The summed E-state index contributed by atoms with van der Waals surface area (Å²) in [5.74, 6) is 0.796. The van der Waals surface area contributed by atoms with E-state index in [9.17, 15) is 0 Å². The van der Waals surface area contributed by atoms with E-state index in [4.69, 9.17) is 9.47 Å². The largest absolute Gasteiger partial charge is 0.383 e. The van der Waals surface area contributed by atoms with Crippen molar-refractivity contribution >= 4 is 0 Å². The van der Waals surface area contributed by atoms with Gasteiger partial charge >= 0.3 is 0 Å². The fourth-order valence-electron chi connectivity index (χ4n) is 2.17. The van der Waals surface area contributed by atoms with Gasteiger partial charge in [0.05, 0.1) is 6.61 Å². The molecule has 20 heavy (non-hydrogen) atoms. The zero-order valence-corrected chi connectivity index (χ0v) is 13.3. The molecule has 1 heterocycles. The Bertz CT molecular complexity index is 387. The molecule has 0 amide bonds. The van der Waals surface area contributed by atoms with Crippen molar-refractivity contribution < 1.29 is 9.47 Å². The van der Waals surface area contributed by atoms with Gasteiger partial charge in [-0.05, 0) is 20.3 Å². The number of nitrogens with zero attached hydrogens (tertiary/aromatic N) is 2. The summed E-state index contributed by atoms with van der Waals surface area (Å²) < 4.78 is 10.5. The van der Waals surface area contributed by atoms with Crippen LogP contribution in [0.3, 0.4) is 0 Å². The quantitative estimate of drug-likeness (QED) is 0.704. The average Bonchev–Trinajstić information content (AvgIpc) is 2.43. The van der Waals surface area contributed by atoms with Gasteiger partial charge in [0.15, 0.2) is 5.82 Å². The molecule has 0 aliphatic rings. The fraction of sp³-hybridized carbons (Fsp3) is 0.733. The van der Waals surface area contributed by atoms with E-state index in [-0.39, 0.29) is 6.10 Å². The van der Waals surface area contributed by atoms with Crippen LogP contribution in [-0.4, -0.2) is 37.3 Å². The third-order valence-corrected chi connectivity index (χ3v) is 3.35. The normalized spacial score (nSPS) is 12.7. The van der Waals surface area contributed by atoms with Gasteiger partial charge < -0.3 is 14.8 Å². The number of methoxy groups -OCH3 is 2. The van der Waals surface area contributed by atoms with Crippen molar-refractivity contribution in [1.29, 1.82) is 0 Å². The third kappa shape index (κ3) is 4.81. The summed E-state index contributed by atoms with van der Waals surface area (Å²) in [5, 5.41) is 3.34. The minimum atomic E-state index is -0.00657. The van der Waals surface area contributed by atoms with Gasteiger partial charge in [-0.15, -0.1) is 0 Å². The third-order valence-electron chi connectivity index (χ3n) is 3.35. The molecule has 0 saturated carbocycles. The summed E-state index contributed by atoms with van der Waals surface area (Å²) in [6.07, 6.45) is 1.99. The number of rotatable bonds is 9. The first kappa shape index (κ1) is 17.0.